The number of nitrogens with two attached hydrogens (primary N) is 1. The van der Waals surface area contributed by atoms with Crippen LogP contribution in [-0.4, -0.2) is 26.2 Å². The fraction of sp³-hybridized carbons (Fsp3) is 0.588. The molecule has 21 heavy (non-hydrogen) atoms. The summed E-state index contributed by atoms with van der Waals surface area (Å²) in [6, 6.07) is 7.86. The Morgan fingerprint density at radius 1 is 1.33 bits per heavy atom. The highest BCUT2D eigenvalue weighted by atomic mass is 16.5. The minimum absolute atomic E-state index is 0.0379. The van der Waals surface area contributed by atoms with Gasteiger partial charge in [0.2, 0.25) is 5.91 Å². The molecule has 4 heteroatoms. The Morgan fingerprint density at radius 2 is 2.05 bits per heavy atom. The van der Waals surface area contributed by atoms with E-state index in [1.807, 2.05) is 24.3 Å². The molecular formula is C17H28N2O2. The van der Waals surface area contributed by atoms with E-state index >= 15 is 0 Å². The second kappa shape index (κ2) is 9.53. The molecule has 0 saturated carbocycles. The summed E-state index contributed by atoms with van der Waals surface area (Å²) in [4.78, 5) is 12.2. The zero-order chi connectivity index (χ0) is 15.7. The van der Waals surface area contributed by atoms with E-state index in [0.29, 0.717) is 25.5 Å². The van der Waals surface area contributed by atoms with Gasteiger partial charge in [-0.15, -0.1) is 0 Å². The summed E-state index contributed by atoms with van der Waals surface area (Å²) < 4.78 is 5.10. The lowest BCUT2D eigenvalue weighted by Crippen LogP contribution is -2.24. The predicted molar refractivity (Wildman–Crippen MR) is 87.3 cm³/mol. The molecule has 1 atom stereocenters. The quantitative estimate of drug-likeness (QED) is 0.735. The summed E-state index contributed by atoms with van der Waals surface area (Å²) in [5, 5.41) is 3.01. The van der Waals surface area contributed by atoms with Crippen molar-refractivity contribution in [3.05, 3.63) is 29.8 Å². The van der Waals surface area contributed by atoms with Crippen molar-refractivity contribution in [2.24, 2.45) is 17.6 Å². The summed E-state index contributed by atoms with van der Waals surface area (Å²) >= 11 is 0. The van der Waals surface area contributed by atoms with E-state index in [1.165, 1.54) is 0 Å². The van der Waals surface area contributed by atoms with Gasteiger partial charge in [0.05, 0.1) is 6.61 Å². The Hall–Kier alpha value is -1.39. The Kier molecular flexibility index (Phi) is 8.01. The third kappa shape index (κ3) is 6.74. The lowest BCUT2D eigenvalue weighted by molar-refractivity contribution is -0.117. The van der Waals surface area contributed by atoms with Gasteiger partial charge in [-0.3, -0.25) is 4.79 Å². The van der Waals surface area contributed by atoms with Crippen molar-refractivity contribution in [1.29, 1.82) is 0 Å². The number of methoxy groups -OCH3 is 1. The number of hydrogen-bond acceptors (Lipinski definition) is 3. The van der Waals surface area contributed by atoms with Crippen molar-refractivity contribution >= 4 is 11.6 Å². The van der Waals surface area contributed by atoms with Gasteiger partial charge >= 0.3 is 0 Å². The standard InChI is InChI=1S/C17H28N2O2/c1-13(2)10-14(12-18)11-17(20)19-16-7-5-4-6-15(16)8-9-21-3/h4-7,13-14H,8-12,18H2,1-3H3,(H,19,20). The van der Waals surface area contributed by atoms with E-state index in [9.17, 15) is 4.79 Å². The van der Waals surface area contributed by atoms with E-state index in [2.05, 4.69) is 19.2 Å². The van der Waals surface area contributed by atoms with Crippen LogP contribution >= 0.6 is 0 Å². The lowest BCUT2D eigenvalue weighted by atomic mass is 9.94. The molecule has 1 rings (SSSR count). The number of nitrogens with one attached hydrogen (secondary N) is 1. The van der Waals surface area contributed by atoms with Crippen LogP contribution in [0, 0.1) is 11.8 Å². The molecule has 1 amide bonds. The molecule has 0 fully saturated rings. The highest BCUT2D eigenvalue weighted by Gasteiger charge is 2.15. The maximum atomic E-state index is 12.2. The van der Waals surface area contributed by atoms with Crippen molar-refractivity contribution in [1.82, 2.24) is 0 Å². The number of anilines is 1. The van der Waals surface area contributed by atoms with Crippen LogP contribution in [0.3, 0.4) is 0 Å². The van der Waals surface area contributed by atoms with Gasteiger partial charge in [0.25, 0.3) is 0 Å². The van der Waals surface area contributed by atoms with E-state index < -0.39 is 0 Å². The van der Waals surface area contributed by atoms with E-state index in [0.717, 1.165) is 24.1 Å². The van der Waals surface area contributed by atoms with Crippen LogP contribution in [0.1, 0.15) is 32.3 Å². The Balaban J connectivity index is 2.61. The molecule has 0 aliphatic carbocycles. The summed E-state index contributed by atoms with van der Waals surface area (Å²) in [5.74, 6) is 0.840. The first-order valence-corrected chi connectivity index (χ1v) is 7.63. The van der Waals surface area contributed by atoms with Crippen LogP contribution in [0.15, 0.2) is 24.3 Å². The molecule has 4 nitrogen and oxygen atoms in total. The number of benzene rings is 1. The van der Waals surface area contributed by atoms with Crippen molar-refractivity contribution in [3.8, 4) is 0 Å². The molecule has 118 valence electrons. The van der Waals surface area contributed by atoms with Gasteiger partial charge < -0.3 is 15.8 Å². The second-order valence-corrected chi connectivity index (χ2v) is 5.88. The van der Waals surface area contributed by atoms with Crippen molar-refractivity contribution < 1.29 is 9.53 Å². The minimum atomic E-state index is 0.0379. The van der Waals surface area contributed by atoms with Crippen molar-refractivity contribution in [2.75, 3.05) is 25.6 Å². The van der Waals surface area contributed by atoms with Gasteiger partial charge in [0.1, 0.15) is 0 Å². The number of hydrogen-bond donors (Lipinski definition) is 2. The highest BCUT2D eigenvalue weighted by molar-refractivity contribution is 5.91. The minimum Gasteiger partial charge on any atom is -0.384 e. The zero-order valence-corrected chi connectivity index (χ0v) is 13.4. The van der Waals surface area contributed by atoms with Gasteiger partial charge in [0, 0.05) is 19.2 Å². The lowest BCUT2D eigenvalue weighted by Gasteiger charge is -2.17. The molecule has 3 N–H and O–H groups in total. The molecule has 0 aliphatic rings. The van der Waals surface area contributed by atoms with Crippen LogP contribution in [0.25, 0.3) is 0 Å². The molecule has 0 saturated heterocycles. The zero-order valence-electron chi connectivity index (χ0n) is 13.4. The maximum Gasteiger partial charge on any atom is 0.224 e. The fourth-order valence-electron chi connectivity index (χ4n) is 2.47. The monoisotopic (exact) mass is 292 g/mol. The van der Waals surface area contributed by atoms with Gasteiger partial charge in [-0.25, -0.2) is 0 Å². The fourth-order valence-corrected chi connectivity index (χ4v) is 2.47. The van der Waals surface area contributed by atoms with Crippen LogP contribution in [0.2, 0.25) is 0 Å². The first kappa shape index (κ1) is 17.7. The number of para-hydroxylation sites is 1. The molecule has 0 bridgehead atoms. The van der Waals surface area contributed by atoms with E-state index in [1.54, 1.807) is 7.11 Å². The van der Waals surface area contributed by atoms with Gasteiger partial charge in [-0.05, 0) is 42.9 Å². The molecule has 1 unspecified atom stereocenters. The molecule has 0 aromatic heterocycles. The van der Waals surface area contributed by atoms with Crippen LogP contribution in [0.5, 0.6) is 0 Å². The number of carbonyl (C=O) groups is 1. The molecule has 0 aliphatic heterocycles. The molecular weight excluding hydrogens is 264 g/mol. The number of rotatable bonds is 9. The molecule has 0 spiro atoms. The second-order valence-electron chi connectivity index (χ2n) is 5.88. The average Bonchev–Trinajstić information content (AvgIpc) is 2.45. The summed E-state index contributed by atoms with van der Waals surface area (Å²) in [6.07, 6.45) is 2.25. The summed E-state index contributed by atoms with van der Waals surface area (Å²) in [5.41, 5.74) is 7.73. The first-order chi connectivity index (χ1) is 10.1. The van der Waals surface area contributed by atoms with Gasteiger partial charge in [-0.2, -0.15) is 0 Å². The Labute approximate surface area is 128 Å². The van der Waals surface area contributed by atoms with Crippen molar-refractivity contribution in [2.45, 2.75) is 33.1 Å². The number of ether oxygens (including phenoxy) is 1. The average molecular weight is 292 g/mol. The smallest absolute Gasteiger partial charge is 0.224 e. The number of amides is 1. The first-order valence-electron chi connectivity index (χ1n) is 7.63. The third-order valence-electron chi connectivity index (χ3n) is 3.48. The van der Waals surface area contributed by atoms with Crippen LogP contribution in [0.4, 0.5) is 5.69 Å². The SMILES string of the molecule is COCCc1ccccc1NC(=O)CC(CN)CC(C)C. The molecule has 1 aromatic carbocycles. The predicted octanol–water partition coefficient (Wildman–Crippen LogP) is 2.83. The number of carbonyl (C=O) groups excluding carboxylic acids is 1. The van der Waals surface area contributed by atoms with Gasteiger partial charge in [-0.1, -0.05) is 32.0 Å². The molecule has 1 aromatic rings. The Bertz CT molecular complexity index is 433. The van der Waals surface area contributed by atoms with Crippen molar-refractivity contribution in [3.63, 3.8) is 0 Å². The topological polar surface area (TPSA) is 64.3 Å². The highest BCUT2D eigenvalue weighted by Crippen LogP contribution is 2.19. The van der Waals surface area contributed by atoms with E-state index in [-0.39, 0.29) is 11.8 Å². The van der Waals surface area contributed by atoms with E-state index in [4.69, 9.17) is 10.5 Å². The largest absolute Gasteiger partial charge is 0.384 e. The summed E-state index contributed by atoms with van der Waals surface area (Å²) in [7, 11) is 1.68. The third-order valence-corrected chi connectivity index (χ3v) is 3.48. The maximum absolute atomic E-state index is 12.2. The van der Waals surface area contributed by atoms with Crippen LogP contribution in [-0.2, 0) is 16.0 Å². The van der Waals surface area contributed by atoms with Crippen LogP contribution < -0.4 is 11.1 Å². The molecule has 0 heterocycles. The Morgan fingerprint density at radius 3 is 2.67 bits per heavy atom. The summed E-state index contributed by atoms with van der Waals surface area (Å²) in [6.45, 7) is 5.50. The molecule has 0 radical (unpaired) electrons. The normalized spacial score (nSPS) is 12.4. The van der Waals surface area contributed by atoms with Gasteiger partial charge in [0.15, 0.2) is 0 Å².